The number of aromatic carboxylic acids is 1. The van der Waals surface area contributed by atoms with Crippen molar-refractivity contribution < 1.29 is 23.8 Å². The second-order valence-corrected chi connectivity index (χ2v) is 10.7. The second kappa shape index (κ2) is 9.59. The van der Waals surface area contributed by atoms with Gasteiger partial charge in [-0.1, -0.05) is 15.9 Å². The van der Waals surface area contributed by atoms with E-state index in [4.69, 9.17) is 9.15 Å². The molecule has 10 heteroatoms. The van der Waals surface area contributed by atoms with Crippen molar-refractivity contribution in [3.63, 3.8) is 0 Å². The number of aromatic nitrogens is 1. The Balaban J connectivity index is 1.41. The predicted molar refractivity (Wildman–Crippen MR) is 142 cm³/mol. The van der Waals surface area contributed by atoms with Crippen LogP contribution < -0.4 is 10.2 Å². The molecule has 5 rings (SSSR count). The number of hydrogen-bond acceptors (Lipinski definition) is 6. The third-order valence-electron chi connectivity index (χ3n) is 6.40. The summed E-state index contributed by atoms with van der Waals surface area (Å²) < 4.78 is 13.8. The van der Waals surface area contributed by atoms with Crippen molar-refractivity contribution in [1.29, 1.82) is 0 Å². The summed E-state index contributed by atoms with van der Waals surface area (Å²) in [6.45, 7) is 3.86. The summed E-state index contributed by atoms with van der Waals surface area (Å²) in [4.78, 5) is 26.0. The van der Waals surface area contributed by atoms with Crippen LogP contribution in [0.3, 0.4) is 0 Å². The summed E-state index contributed by atoms with van der Waals surface area (Å²) >= 11 is 4.98. The van der Waals surface area contributed by atoms with Crippen LogP contribution in [0.15, 0.2) is 38.3 Å². The van der Waals surface area contributed by atoms with E-state index in [0.717, 1.165) is 67.9 Å². The van der Waals surface area contributed by atoms with Crippen LogP contribution >= 0.6 is 27.3 Å². The number of nitrogens with one attached hydrogen (secondary N) is 1. The van der Waals surface area contributed by atoms with Crippen LogP contribution in [-0.4, -0.2) is 34.9 Å². The minimum Gasteiger partial charge on any atom is -0.493 e. The number of thiophene rings is 1. The first-order valence-corrected chi connectivity index (χ1v) is 13.1. The lowest BCUT2D eigenvalue weighted by Crippen LogP contribution is -2.16. The Kier molecular flexibility index (Phi) is 6.48. The molecule has 1 aliphatic rings. The van der Waals surface area contributed by atoms with Crippen molar-refractivity contribution in [1.82, 2.24) is 9.99 Å². The van der Waals surface area contributed by atoms with Gasteiger partial charge in [0.2, 0.25) is 0 Å². The number of ether oxygens (including phenoxy) is 1. The molecule has 0 saturated carbocycles. The third kappa shape index (κ3) is 4.24. The molecule has 0 aliphatic heterocycles. The molecule has 2 N–H and O–H groups in total. The average Bonchev–Trinajstić information content (AvgIpc) is 3.51. The number of hydrogen-bond donors (Lipinski definition) is 2. The van der Waals surface area contributed by atoms with Crippen LogP contribution in [0, 0.1) is 13.8 Å². The minimum absolute atomic E-state index is 0.110. The Labute approximate surface area is 219 Å². The lowest BCUT2D eigenvalue weighted by Gasteiger charge is -2.11. The minimum atomic E-state index is -0.895. The van der Waals surface area contributed by atoms with Gasteiger partial charge in [0.25, 0.3) is 0 Å². The van der Waals surface area contributed by atoms with E-state index >= 15 is 0 Å². The standard InChI is InChI=1S/C26H24BrN3O5S/c1-13-8-16(14(2)30(13)25-22(26(32)33)18-6-4-5-7-21(18)36-25)12-28-29-24(31)20-10-15-9-17(27)11-19(34-3)23(15)35-20/h8-12H,4-7H2,1-3H3,(H,29,31)(H,32,33)/b28-12-. The Morgan fingerprint density at radius 2 is 2.00 bits per heavy atom. The first-order chi connectivity index (χ1) is 17.3. The molecule has 1 aliphatic carbocycles. The van der Waals surface area contributed by atoms with E-state index in [0.29, 0.717) is 16.9 Å². The SMILES string of the molecule is COc1cc(Br)cc2cc(C(=O)N/N=C\c3cc(C)n(-c4sc5c(c4C(=O)O)CCCC5)c3C)oc12. The summed E-state index contributed by atoms with van der Waals surface area (Å²) in [6, 6.07) is 7.16. The van der Waals surface area contributed by atoms with Gasteiger partial charge in [-0.2, -0.15) is 5.10 Å². The molecule has 0 unspecified atom stereocenters. The van der Waals surface area contributed by atoms with Gasteiger partial charge >= 0.3 is 11.9 Å². The van der Waals surface area contributed by atoms with Crippen molar-refractivity contribution in [2.45, 2.75) is 39.5 Å². The van der Waals surface area contributed by atoms with E-state index in [1.54, 1.807) is 29.7 Å². The zero-order valence-corrected chi connectivity index (χ0v) is 22.4. The quantitative estimate of drug-likeness (QED) is 0.218. The van der Waals surface area contributed by atoms with Crippen molar-refractivity contribution >= 4 is 56.3 Å². The second-order valence-electron chi connectivity index (χ2n) is 8.69. The number of aryl methyl sites for hydroxylation is 2. The number of hydrazone groups is 1. The maximum absolute atomic E-state index is 12.7. The van der Waals surface area contributed by atoms with Gasteiger partial charge in [-0.05, 0) is 69.4 Å². The highest BCUT2D eigenvalue weighted by atomic mass is 79.9. The molecule has 0 atom stereocenters. The average molecular weight is 570 g/mol. The highest BCUT2D eigenvalue weighted by Crippen LogP contribution is 2.38. The fourth-order valence-electron chi connectivity index (χ4n) is 4.73. The van der Waals surface area contributed by atoms with Gasteiger partial charge in [-0.3, -0.25) is 4.79 Å². The zero-order valence-electron chi connectivity index (χ0n) is 20.0. The highest BCUT2D eigenvalue weighted by molar-refractivity contribution is 9.10. The maximum Gasteiger partial charge on any atom is 0.339 e. The van der Waals surface area contributed by atoms with Gasteiger partial charge in [0.05, 0.1) is 18.9 Å². The first kappa shape index (κ1) is 24.3. The molecule has 8 nitrogen and oxygen atoms in total. The number of benzene rings is 1. The number of rotatable bonds is 6. The van der Waals surface area contributed by atoms with Gasteiger partial charge in [0.1, 0.15) is 5.00 Å². The molecule has 0 spiro atoms. The lowest BCUT2D eigenvalue weighted by molar-refractivity contribution is 0.0695. The number of halogens is 1. The molecule has 1 amide bonds. The summed E-state index contributed by atoms with van der Waals surface area (Å²) in [7, 11) is 1.54. The fraction of sp³-hybridized carbons (Fsp3) is 0.269. The van der Waals surface area contributed by atoms with E-state index in [2.05, 4.69) is 26.5 Å². The van der Waals surface area contributed by atoms with E-state index < -0.39 is 11.9 Å². The Bertz CT molecular complexity index is 1540. The number of furan rings is 1. The maximum atomic E-state index is 12.7. The Morgan fingerprint density at radius 3 is 2.75 bits per heavy atom. The number of carbonyl (C=O) groups excluding carboxylic acids is 1. The van der Waals surface area contributed by atoms with Crippen LogP contribution in [0.1, 0.15) is 61.1 Å². The van der Waals surface area contributed by atoms with E-state index in [1.165, 1.54) is 7.11 Å². The zero-order chi connectivity index (χ0) is 25.6. The summed E-state index contributed by atoms with van der Waals surface area (Å²) in [5, 5.41) is 15.6. The number of fused-ring (bicyclic) bond motifs is 2. The molecule has 0 saturated heterocycles. The summed E-state index contributed by atoms with van der Waals surface area (Å²) in [6.07, 6.45) is 5.38. The number of methoxy groups -OCH3 is 1. The highest BCUT2D eigenvalue weighted by Gasteiger charge is 2.27. The number of carboxylic acids is 1. The molecule has 186 valence electrons. The van der Waals surface area contributed by atoms with Gasteiger partial charge in [0.15, 0.2) is 17.1 Å². The molecular weight excluding hydrogens is 546 g/mol. The summed E-state index contributed by atoms with van der Waals surface area (Å²) in [5.41, 5.74) is 6.89. The first-order valence-electron chi connectivity index (χ1n) is 11.5. The summed E-state index contributed by atoms with van der Waals surface area (Å²) in [5.74, 6) is -0.757. The molecule has 0 fully saturated rings. The van der Waals surface area contributed by atoms with Crippen LogP contribution in [-0.2, 0) is 12.8 Å². The van der Waals surface area contributed by atoms with Crippen molar-refractivity contribution in [2.24, 2.45) is 5.10 Å². The van der Waals surface area contributed by atoms with Crippen LogP contribution in [0.25, 0.3) is 16.0 Å². The molecular formula is C26H24BrN3O5S. The fourth-order valence-corrected chi connectivity index (χ4v) is 6.67. The Morgan fingerprint density at radius 1 is 1.22 bits per heavy atom. The number of carbonyl (C=O) groups is 2. The van der Waals surface area contributed by atoms with Crippen molar-refractivity contribution in [3.05, 3.63) is 67.5 Å². The molecule has 36 heavy (non-hydrogen) atoms. The molecule has 3 heterocycles. The van der Waals surface area contributed by atoms with Crippen molar-refractivity contribution in [3.8, 4) is 10.8 Å². The van der Waals surface area contributed by atoms with Gasteiger partial charge in [-0.25, -0.2) is 10.2 Å². The molecule has 3 aromatic heterocycles. The number of carboxylic acid groups (broad SMARTS) is 1. The van der Waals surface area contributed by atoms with Crippen LogP contribution in [0.5, 0.6) is 5.75 Å². The smallest absolute Gasteiger partial charge is 0.339 e. The number of amides is 1. The predicted octanol–water partition coefficient (Wildman–Crippen LogP) is 6.01. The normalized spacial score (nSPS) is 13.3. The van der Waals surface area contributed by atoms with Crippen molar-refractivity contribution in [2.75, 3.05) is 7.11 Å². The topological polar surface area (TPSA) is 106 Å². The molecule has 0 bridgehead atoms. The molecule has 4 aromatic rings. The van der Waals surface area contributed by atoms with Gasteiger partial charge in [-0.15, -0.1) is 11.3 Å². The van der Waals surface area contributed by atoms with E-state index in [-0.39, 0.29) is 5.76 Å². The van der Waals surface area contributed by atoms with Crippen LogP contribution in [0.2, 0.25) is 0 Å². The molecule has 1 aromatic carbocycles. The largest absolute Gasteiger partial charge is 0.493 e. The van der Waals surface area contributed by atoms with Gasteiger partial charge in [0, 0.05) is 31.7 Å². The molecule has 0 radical (unpaired) electrons. The van der Waals surface area contributed by atoms with E-state index in [1.807, 2.05) is 30.5 Å². The Hall–Kier alpha value is -3.37. The number of nitrogens with zero attached hydrogens (tertiary/aromatic N) is 2. The van der Waals surface area contributed by atoms with Gasteiger partial charge < -0.3 is 18.8 Å². The monoisotopic (exact) mass is 569 g/mol. The lowest BCUT2D eigenvalue weighted by atomic mass is 9.95. The van der Waals surface area contributed by atoms with Crippen LogP contribution in [0.4, 0.5) is 0 Å². The third-order valence-corrected chi connectivity index (χ3v) is 8.14. The van der Waals surface area contributed by atoms with E-state index in [9.17, 15) is 14.7 Å².